The minimum atomic E-state index is -0.0493. The molecule has 58 valence electrons. The Bertz CT molecular complexity index is 109. The number of hydrogen-bond donors (Lipinski definition) is 1. The van der Waals surface area contributed by atoms with E-state index in [0.717, 1.165) is 12.8 Å². The molecule has 1 heteroatoms. The van der Waals surface area contributed by atoms with E-state index in [4.69, 9.17) is 0 Å². The van der Waals surface area contributed by atoms with Crippen LogP contribution in [0.2, 0.25) is 0 Å². The van der Waals surface area contributed by atoms with Crippen molar-refractivity contribution in [3.05, 3.63) is 12.7 Å². The predicted octanol–water partition coefficient (Wildman–Crippen LogP) is 2.11. The van der Waals surface area contributed by atoms with Crippen LogP contribution in [-0.4, -0.2) is 11.2 Å². The van der Waals surface area contributed by atoms with Crippen LogP contribution in [0.25, 0.3) is 0 Å². The highest BCUT2D eigenvalue weighted by atomic mass is 16.3. The number of aliphatic hydroxyl groups is 1. The van der Waals surface area contributed by atoms with Crippen LogP contribution in [-0.2, 0) is 0 Å². The van der Waals surface area contributed by atoms with Crippen molar-refractivity contribution in [2.24, 2.45) is 5.92 Å². The first-order valence-corrected chi connectivity index (χ1v) is 4.13. The van der Waals surface area contributed by atoms with Crippen molar-refractivity contribution in [1.29, 1.82) is 0 Å². The smallest absolute Gasteiger partial charge is 0.0571 e. The largest absolute Gasteiger partial charge is 0.393 e. The van der Waals surface area contributed by atoms with Gasteiger partial charge in [-0.15, -0.1) is 6.58 Å². The zero-order valence-electron chi connectivity index (χ0n) is 6.42. The molecule has 0 radical (unpaired) electrons. The first-order chi connectivity index (χ1) is 4.84. The summed E-state index contributed by atoms with van der Waals surface area (Å²) >= 11 is 0. The maximum Gasteiger partial charge on any atom is 0.0571 e. The molecule has 0 spiro atoms. The zero-order valence-corrected chi connectivity index (χ0v) is 6.42. The van der Waals surface area contributed by atoms with Gasteiger partial charge in [0.2, 0.25) is 0 Å². The minimum absolute atomic E-state index is 0.0493. The lowest BCUT2D eigenvalue weighted by Crippen LogP contribution is -2.23. The Morgan fingerprint density at radius 3 is 2.70 bits per heavy atom. The summed E-state index contributed by atoms with van der Waals surface area (Å²) < 4.78 is 0. The third kappa shape index (κ3) is 1.84. The van der Waals surface area contributed by atoms with Crippen LogP contribution >= 0.6 is 0 Å². The first-order valence-electron chi connectivity index (χ1n) is 4.13. The molecule has 1 aliphatic rings. The van der Waals surface area contributed by atoms with Gasteiger partial charge in [-0.1, -0.05) is 18.9 Å². The molecule has 0 amide bonds. The molecule has 0 heterocycles. The fourth-order valence-electron chi connectivity index (χ4n) is 1.68. The second-order valence-electron chi connectivity index (χ2n) is 3.14. The van der Waals surface area contributed by atoms with E-state index in [0.29, 0.717) is 5.92 Å². The van der Waals surface area contributed by atoms with Crippen molar-refractivity contribution < 1.29 is 5.11 Å². The van der Waals surface area contributed by atoms with Crippen molar-refractivity contribution in [1.82, 2.24) is 0 Å². The third-order valence-corrected chi connectivity index (χ3v) is 2.34. The van der Waals surface area contributed by atoms with Gasteiger partial charge >= 0.3 is 0 Å². The lowest BCUT2D eigenvalue weighted by molar-refractivity contribution is 0.0714. The third-order valence-electron chi connectivity index (χ3n) is 2.34. The molecule has 0 aromatic carbocycles. The second-order valence-corrected chi connectivity index (χ2v) is 3.14. The molecular weight excluding hydrogens is 124 g/mol. The van der Waals surface area contributed by atoms with Gasteiger partial charge in [0, 0.05) is 0 Å². The summed E-state index contributed by atoms with van der Waals surface area (Å²) in [6.45, 7) is 3.68. The molecule has 10 heavy (non-hydrogen) atoms. The summed E-state index contributed by atoms with van der Waals surface area (Å²) in [6, 6.07) is 0. The van der Waals surface area contributed by atoms with Crippen LogP contribution in [0.4, 0.5) is 0 Å². The van der Waals surface area contributed by atoms with Crippen LogP contribution < -0.4 is 0 Å². The van der Waals surface area contributed by atoms with Gasteiger partial charge < -0.3 is 5.11 Å². The van der Waals surface area contributed by atoms with Gasteiger partial charge in [-0.3, -0.25) is 0 Å². The summed E-state index contributed by atoms with van der Waals surface area (Å²) in [5.74, 6) is 0.506. The van der Waals surface area contributed by atoms with E-state index in [1.165, 1.54) is 19.3 Å². The second kappa shape index (κ2) is 3.77. The van der Waals surface area contributed by atoms with Crippen molar-refractivity contribution >= 4 is 0 Å². The summed E-state index contributed by atoms with van der Waals surface area (Å²) in [5, 5.41) is 9.45. The lowest BCUT2D eigenvalue weighted by Gasteiger charge is -2.26. The molecule has 0 saturated heterocycles. The van der Waals surface area contributed by atoms with Gasteiger partial charge in [0.1, 0.15) is 0 Å². The molecule has 0 aromatic rings. The Labute approximate surface area is 62.8 Å². The minimum Gasteiger partial charge on any atom is -0.393 e. The Balaban J connectivity index is 2.32. The Morgan fingerprint density at radius 2 is 2.10 bits per heavy atom. The van der Waals surface area contributed by atoms with Crippen LogP contribution in [0.3, 0.4) is 0 Å². The fourth-order valence-corrected chi connectivity index (χ4v) is 1.68. The standard InChI is InChI=1S/C9H16O/c1-2-5-8-6-3-4-7-9(8)10/h2,8-10H,1,3-7H2. The Kier molecular flexibility index (Phi) is 2.94. The highest BCUT2D eigenvalue weighted by Gasteiger charge is 2.20. The Morgan fingerprint density at radius 1 is 1.40 bits per heavy atom. The maximum absolute atomic E-state index is 9.45. The van der Waals surface area contributed by atoms with Crippen LogP contribution in [0.5, 0.6) is 0 Å². The van der Waals surface area contributed by atoms with Crippen molar-refractivity contribution in [2.75, 3.05) is 0 Å². The van der Waals surface area contributed by atoms with Gasteiger partial charge in [0.25, 0.3) is 0 Å². The summed E-state index contributed by atoms with van der Waals surface area (Å²) in [5.41, 5.74) is 0. The molecule has 1 aliphatic carbocycles. The van der Waals surface area contributed by atoms with Gasteiger partial charge in [0.15, 0.2) is 0 Å². The van der Waals surface area contributed by atoms with Crippen LogP contribution in [0.1, 0.15) is 32.1 Å². The van der Waals surface area contributed by atoms with E-state index in [1.54, 1.807) is 0 Å². The normalized spacial score (nSPS) is 33.7. The highest BCUT2D eigenvalue weighted by molar-refractivity contribution is 4.80. The number of aliphatic hydroxyl groups excluding tert-OH is 1. The number of rotatable bonds is 2. The summed E-state index contributed by atoms with van der Waals surface area (Å²) in [6.07, 6.45) is 7.53. The van der Waals surface area contributed by atoms with Gasteiger partial charge in [-0.05, 0) is 25.2 Å². The summed E-state index contributed by atoms with van der Waals surface area (Å²) in [4.78, 5) is 0. The zero-order chi connectivity index (χ0) is 7.40. The lowest BCUT2D eigenvalue weighted by atomic mass is 9.84. The van der Waals surface area contributed by atoms with Crippen LogP contribution in [0.15, 0.2) is 12.7 Å². The van der Waals surface area contributed by atoms with Crippen molar-refractivity contribution in [3.8, 4) is 0 Å². The first kappa shape index (κ1) is 7.80. The topological polar surface area (TPSA) is 20.2 Å². The highest BCUT2D eigenvalue weighted by Crippen LogP contribution is 2.26. The summed E-state index contributed by atoms with van der Waals surface area (Å²) in [7, 11) is 0. The van der Waals surface area contributed by atoms with Gasteiger partial charge in [0.05, 0.1) is 6.10 Å². The number of allylic oxidation sites excluding steroid dienone is 1. The number of hydrogen-bond acceptors (Lipinski definition) is 1. The van der Waals surface area contributed by atoms with E-state index in [1.807, 2.05) is 6.08 Å². The molecule has 1 nitrogen and oxygen atoms in total. The van der Waals surface area contributed by atoms with Gasteiger partial charge in [-0.2, -0.15) is 0 Å². The SMILES string of the molecule is C=CCC1CCCCC1O. The Hall–Kier alpha value is -0.300. The molecule has 0 bridgehead atoms. The molecule has 0 aliphatic heterocycles. The van der Waals surface area contributed by atoms with E-state index in [-0.39, 0.29) is 6.10 Å². The quantitative estimate of drug-likeness (QED) is 0.582. The van der Waals surface area contributed by atoms with E-state index in [9.17, 15) is 5.11 Å². The monoisotopic (exact) mass is 140 g/mol. The van der Waals surface area contributed by atoms with E-state index < -0.39 is 0 Å². The molecular formula is C9H16O. The average Bonchev–Trinajstić information content (AvgIpc) is 1.94. The van der Waals surface area contributed by atoms with Crippen molar-refractivity contribution in [3.63, 3.8) is 0 Å². The molecule has 2 unspecified atom stereocenters. The predicted molar refractivity (Wildman–Crippen MR) is 42.8 cm³/mol. The van der Waals surface area contributed by atoms with Crippen LogP contribution in [0, 0.1) is 5.92 Å². The van der Waals surface area contributed by atoms with Gasteiger partial charge in [-0.25, -0.2) is 0 Å². The average molecular weight is 140 g/mol. The molecule has 1 saturated carbocycles. The molecule has 1 N–H and O–H groups in total. The fraction of sp³-hybridized carbons (Fsp3) is 0.778. The molecule has 0 aromatic heterocycles. The maximum atomic E-state index is 9.45. The molecule has 2 atom stereocenters. The molecule has 1 fully saturated rings. The van der Waals surface area contributed by atoms with E-state index in [2.05, 4.69) is 6.58 Å². The molecule has 1 rings (SSSR count). The van der Waals surface area contributed by atoms with E-state index >= 15 is 0 Å². The van der Waals surface area contributed by atoms with Crippen molar-refractivity contribution in [2.45, 2.75) is 38.2 Å².